The number of unbranched alkanes of at least 4 members (excludes halogenated alkanes) is 10. The van der Waals surface area contributed by atoms with Crippen molar-refractivity contribution in [3.63, 3.8) is 0 Å². The molecule has 0 aliphatic rings. The maximum atomic E-state index is 12.8. The maximum Gasteiger partial charge on any atom is 0.343 e. The molecule has 0 aromatic carbocycles. The highest BCUT2D eigenvalue weighted by Gasteiger charge is 2.57. The number of esters is 1. The lowest BCUT2D eigenvalue weighted by molar-refractivity contribution is -0.149. The Morgan fingerprint density at radius 2 is 1.32 bits per heavy atom. The molecular weight excluding hydrogens is 375 g/mol. The number of carbonyl (C=O) groups is 1. The van der Waals surface area contributed by atoms with Gasteiger partial charge in [0.15, 0.2) is 5.16 Å². The second kappa shape index (κ2) is 15.5. The van der Waals surface area contributed by atoms with Gasteiger partial charge in [-0.3, -0.25) is 9.36 Å². The maximum absolute atomic E-state index is 12.8. The third-order valence-corrected chi connectivity index (χ3v) is 7.75. The molecule has 0 radical (unpaired) electrons. The summed E-state index contributed by atoms with van der Waals surface area (Å²) in [4.78, 5) is 33.2. The smallest absolute Gasteiger partial charge is 0.343 e. The monoisotopic (exact) mass is 420 g/mol. The van der Waals surface area contributed by atoms with E-state index in [0.717, 1.165) is 44.9 Å². The van der Waals surface area contributed by atoms with Gasteiger partial charge in [0.1, 0.15) is 0 Å². The largest absolute Gasteiger partial charge is 0.465 e. The highest BCUT2D eigenvalue weighted by atomic mass is 31.2. The van der Waals surface area contributed by atoms with Crippen molar-refractivity contribution in [2.24, 2.45) is 5.92 Å². The van der Waals surface area contributed by atoms with Crippen LogP contribution < -0.4 is 0 Å². The van der Waals surface area contributed by atoms with E-state index in [1.54, 1.807) is 6.92 Å². The van der Waals surface area contributed by atoms with Crippen molar-refractivity contribution in [3.05, 3.63) is 0 Å². The molecule has 0 aromatic rings. The summed E-state index contributed by atoms with van der Waals surface area (Å²) >= 11 is 0. The van der Waals surface area contributed by atoms with Gasteiger partial charge in [-0.15, -0.1) is 0 Å². The van der Waals surface area contributed by atoms with Crippen LogP contribution in [0.15, 0.2) is 0 Å². The third-order valence-electron chi connectivity index (χ3n) is 5.87. The SMILES string of the molecule is CCCCCCCCC(C)C(CCCCCCCC)(C(=O)OCC)P(=O)(O)O. The molecule has 0 saturated heterocycles. The molecule has 6 heteroatoms. The Bertz CT molecular complexity index is 448. The van der Waals surface area contributed by atoms with Crippen LogP contribution in [-0.2, 0) is 14.1 Å². The van der Waals surface area contributed by atoms with E-state index in [4.69, 9.17) is 4.74 Å². The molecule has 0 saturated carbocycles. The highest BCUT2D eigenvalue weighted by Crippen LogP contribution is 2.59. The zero-order valence-corrected chi connectivity index (χ0v) is 19.6. The second-order valence-corrected chi connectivity index (χ2v) is 10.1. The van der Waals surface area contributed by atoms with Gasteiger partial charge in [-0.1, -0.05) is 97.8 Å². The molecule has 0 bridgehead atoms. The Balaban J connectivity index is 5.06. The standard InChI is InChI=1S/C22H45O5P/c1-5-8-10-12-14-16-18-20(4)22(28(24,25)26,21(23)27-7-3)19-17-15-13-11-9-6-2/h20H,5-19H2,1-4H3,(H2,24,25,26). The molecule has 0 amide bonds. The fourth-order valence-corrected chi connectivity index (χ4v) is 5.46. The van der Waals surface area contributed by atoms with Gasteiger partial charge < -0.3 is 14.5 Å². The first kappa shape index (κ1) is 27.6. The Kier molecular flexibility index (Phi) is 15.2. The van der Waals surface area contributed by atoms with E-state index in [1.165, 1.54) is 25.7 Å². The van der Waals surface area contributed by atoms with Gasteiger partial charge in [-0.25, -0.2) is 0 Å². The van der Waals surface area contributed by atoms with Crippen LogP contribution in [0.5, 0.6) is 0 Å². The van der Waals surface area contributed by atoms with Gasteiger partial charge in [0, 0.05) is 0 Å². The summed E-state index contributed by atoms with van der Waals surface area (Å²) in [6, 6.07) is 0. The highest BCUT2D eigenvalue weighted by molar-refractivity contribution is 7.54. The van der Waals surface area contributed by atoms with Crippen molar-refractivity contribution >= 4 is 13.6 Å². The number of ether oxygens (including phenoxy) is 1. The molecular formula is C22H45O5P. The quantitative estimate of drug-likeness (QED) is 0.148. The molecule has 0 heterocycles. The summed E-state index contributed by atoms with van der Waals surface area (Å²) in [7, 11) is -4.65. The van der Waals surface area contributed by atoms with Crippen LogP contribution in [0, 0.1) is 5.92 Å². The van der Waals surface area contributed by atoms with Crippen molar-refractivity contribution < 1.29 is 23.9 Å². The van der Waals surface area contributed by atoms with Gasteiger partial charge in [-0.05, 0) is 25.7 Å². The summed E-state index contributed by atoms with van der Waals surface area (Å²) in [5.41, 5.74) is 0. The zero-order chi connectivity index (χ0) is 21.5. The average molecular weight is 421 g/mol. The summed E-state index contributed by atoms with van der Waals surface area (Å²) in [6.45, 7) is 7.98. The fraction of sp³-hybridized carbons (Fsp3) is 0.955. The molecule has 0 aliphatic heterocycles. The normalized spacial score (nSPS) is 15.2. The summed E-state index contributed by atoms with van der Waals surface area (Å²) < 4.78 is 17.7. The molecule has 2 unspecified atom stereocenters. The average Bonchev–Trinajstić information content (AvgIpc) is 2.63. The van der Waals surface area contributed by atoms with E-state index >= 15 is 0 Å². The number of rotatable bonds is 18. The zero-order valence-electron chi connectivity index (χ0n) is 18.8. The molecule has 0 rings (SSSR count). The predicted octanol–water partition coefficient (Wildman–Crippen LogP) is 6.60. The Morgan fingerprint density at radius 3 is 1.79 bits per heavy atom. The van der Waals surface area contributed by atoms with Crippen LogP contribution in [0.1, 0.15) is 118 Å². The molecule has 2 N–H and O–H groups in total. The Labute approximate surface area is 173 Å². The van der Waals surface area contributed by atoms with Crippen LogP contribution >= 0.6 is 7.60 Å². The molecule has 5 nitrogen and oxygen atoms in total. The summed E-state index contributed by atoms with van der Waals surface area (Å²) in [6.07, 6.45) is 13.6. The minimum Gasteiger partial charge on any atom is -0.465 e. The second-order valence-electron chi connectivity index (χ2n) is 8.16. The van der Waals surface area contributed by atoms with Crippen LogP contribution in [-0.4, -0.2) is 27.5 Å². The van der Waals surface area contributed by atoms with E-state index in [2.05, 4.69) is 13.8 Å². The first-order valence-electron chi connectivity index (χ1n) is 11.5. The van der Waals surface area contributed by atoms with E-state index in [0.29, 0.717) is 12.8 Å². The fourth-order valence-electron chi connectivity index (χ4n) is 4.00. The van der Waals surface area contributed by atoms with Gasteiger partial charge in [-0.2, -0.15) is 0 Å². The Hall–Kier alpha value is -0.380. The first-order valence-corrected chi connectivity index (χ1v) is 13.1. The minimum atomic E-state index is -4.65. The predicted molar refractivity (Wildman–Crippen MR) is 117 cm³/mol. The summed E-state index contributed by atoms with van der Waals surface area (Å²) in [5, 5.41) is -1.70. The van der Waals surface area contributed by atoms with Gasteiger partial charge in [0.25, 0.3) is 0 Å². The van der Waals surface area contributed by atoms with Crippen molar-refractivity contribution in [1.82, 2.24) is 0 Å². The lowest BCUT2D eigenvalue weighted by atomic mass is 9.84. The van der Waals surface area contributed by atoms with E-state index in [9.17, 15) is 19.1 Å². The first-order chi connectivity index (χ1) is 13.3. The van der Waals surface area contributed by atoms with E-state index in [-0.39, 0.29) is 13.0 Å². The lowest BCUT2D eigenvalue weighted by Crippen LogP contribution is -2.46. The van der Waals surface area contributed by atoms with Crippen LogP contribution in [0.3, 0.4) is 0 Å². The molecule has 0 aromatic heterocycles. The third kappa shape index (κ3) is 9.41. The van der Waals surface area contributed by atoms with Crippen molar-refractivity contribution in [2.75, 3.05) is 6.61 Å². The van der Waals surface area contributed by atoms with Gasteiger partial charge >= 0.3 is 13.6 Å². The van der Waals surface area contributed by atoms with Gasteiger partial charge in [0.2, 0.25) is 0 Å². The minimum absolute atomic E-state index is 0.140. The molecule has 0 aliphatic carbocycles. The molecule has 0 fully saturated rings. The topological polar surface area (TPSA) is 83.8 Å². The van der Waals surface area contributed by atoms with Crippen LogP contribution in [0.4, 0.5) is 0 Å². The molecule has 0 spiro atoms. The molecule has 2 atom stereocenters. The number of hydrogen-bond donors (Lipinski definition) is 2. The van der Waals surface area contributed by atoms with Crippen LogP contribution in [0.2, 0.25) is 0 Å². The number of carbonyl (C=O) groups excluding carboxylic acids is 1. The van der Waals surface area contributed by atoms with Crippen molar-refractivity contribution in [3.8, 4) is 0 Å². The van der Waals surface area contributed by atoms with Crippen LogP contribution in [0.25, 0.3) is 0 Å². The Morgan fingerprint density at radius 1 is 0.857 bits per heavy atom. The molecule has 168 valence electrons. The van der Waals surface area contributed by atoms with Gasteiger partial charge in [0.05, 0.1) is 6.61 Å². The number of hydrogen-bond acceptors (Lipinski definition) is 3. The lowest BCUT2D eigenvalue weighted by Gasteiger charge is -2.37. The summed E-state index contributed by atoms with van der Waals surface area (Å²) in [5.74, 6) is -1.11. The van der Waals surface area contributed by atoms with E-state index in [1.807, 2.05) is 6.92 Å². The van der Waals surface area contributed by atoms with Crippen molar-refractivity contribution in [1.29, 1.82) is 0 Å². The van der Waals surface area contributed by atoms with Crippen molar-refractivity contribution in [2.45, 2.75) is 123 Å². The van der Waals surface area contributed by atoms with E-state index < -0.39 is 24.6 Å². The molecule has 28 heavy (non-hydrogen) atoms.